The number of H-pyrrole nitrogens is 1. The summed E-state index contributed by atoms with van der Waals surface area (Å²) < 4.78 is 0. The summed E-state index contributed by atoms with van der Waals surface area (Å²) in [4.78, 5) is 6.09. The molecule has 1 heterocycles. The topological polar surface area (TPSA) is 69.1 Å². The van der Waals surface area contributed by atoms with Crippen LogP contribution < -0.4 is 0 Å². The predicted molar refractivity (Wildman–Crippen MR) is 25.8 cm³/mol. The third-order valence-corrected chi connectivity index (χ3v) is 0.798. The van der Waals surface area contributed by atoms with Crippen LogP contribution in [-0.2, 0) is 0 Å². The zero-order valence-electron chi connectivity index (χ0n) is 4.07. The lowest BCUT2D eigenvalue weighted by Gasteiger charge is -1.94. The van der Waals surface area contributed by atoms with Crippen LogP contribution in [0.3, 0.4) is 0 Å². The third kappa shape index (κ3) is 0.853. The highest BCUT2D eigenvalue weighted by molar-refractivity contribution is 4.94. The van der Waals surface area contributed by atoms with E-state index in [9.17, 15) is 0 Å². The molecule has 0 aliphatic rings. The number of aromatic nitrogens is 2. The Labute approximate surface area is 45.8 Å². The zero-order valence-corrected chi connectivity index (χ0v) is 4.07. The van der Waals surface area contributed by atoms with E-state index in [1.165, 1.54) is 12.5 Å². The minimum atomic E-state index is -1.43. The molecule has 4 nitrogen and oxygen atoms in total. The van der Waals surface area contributed by atoms with Crippen molar-refractivity contribution in [3.63, 3.8) is 0 Å². The lowest BCUT2D eigenvalue weighted by atomic mass is 10.5. The number of aliphatic hydroxyl groups is 2. The van der Waals surface area contributed by atoms with E-state index in [2.05, 4.69) is 9.97 Å². The molecule has 8 heavy (non-hydrogen) atoms. The summed E-state index contributed by atoms with van der Waals surface area (Å²) in [5.41, 5.74) is 0.310. The molecule has 1 aromatic heterocycles. The Bertz CT molecular complexity index is 147. The number of hydrogen-bond donors (Lipinski definition) is 3. The molecule has 0 aliphatic heterocycles. The Balaban J connectivity index is 2.77. The first-order valence-corrected chi connectivity index (χ1v) is 2.15. The van der Waals surface area contributed by atoms with Crippen molar-refractivity contribution in [1.29, 1.82) is 0 Å². The molecule has 1 aromatic rings. The molecule has 0 spiro atoms. The summed E-state index contributed by atoms with van der Waals surface area (Å²) >= 11 is 0. The van der Waals surface area contributed by atoms with E-state index in [0.717, 1.165) is 0 Å². The molecule has 3 N–H and O–H groups in total. The Morgan fingerprint density at radius 2 is 2.38 bits per heavy atom. The van der Waals surface area contributed by atoms with Gasteiger partial charge in [0, 0.05) is 0 Å². The lowest BCUT2D eigenvalue weighted by molar-refractivity contribution is -0.0455. The molecule has 0 fully saturated rings. The number of aliphatic hydroxyl groups excluding tert-OH is 1. The number of imidazole rings is 1. The maximum Gasteiger partial charge on any atom is 0.195 e. The molecule has 0 bridgehead atoms. The first-order chi connectivity index (χ1) is 3.80. The van der Waals surface area contributed by atoms with Gasteiger partial charge in [0.25, 0.3) is 0 Å². The number of nitrogens with zero attached hydrogens (tertiary/aromatic N) is 1. The van der Waals surface area contributed by atoms with Crippen molar-refractivity contribution in [3.8, 4) is 0 Å². The van der Waals surface area contributed by atoms with Gasteiger partial charge in [0.1, 0.15) is 0 Å². The normalized spacial score (nSPS) is 10.4. The van der Waals surface area contributed by atoms with Gasteiger partial charge < -0.3 is 15.2 Å². The monoisotopic (exact) mass is 114 g/mol. The van der Waals surface area contributed by atoms with Crippen molar-refractivity contribution in [1.82, 2.24) is 9.97 Å². The fourth-order valence-electron chi connectivity index (χ4n) is 0.408. The van der Waals surface area contributed by atoms with Crippen LogP contribution in [0.5, 0.6) is 0 Å². The molecule has 0 saturated heterocycles. The summed E-state index contributed by atoms with van der Waals surface area (Å²) in [7, 11) is 0. The minimum absolute atomic E-state index is 0.310. The van der Waals surface area contributed by atoms with Crippen LogP contribution >= 0.6 is 0 Å². The second kappa shape index (κ2) is 1.94. The first-order valence-electron chi connectivity index (χ1n) is 2.15. The molecule has 0 radical (unpaired) electrons. The van der Waals surface area contributed by atoms with E-state index in [4.69, 9.17) is 10.2 Å². The molecule has 0 aromatic carbocycles. The van der Waals surface area contributed by atoms with Crippen LogP contribution in [0.1, 0.15) is 12.0 Å². The summed E-state index contributed by atoms with van der Waals surface area (Å²) in [6.45, 7) is 0. The number of rotatable bonds is 1. The van der Waals surface area contributed by atoms with Crippen LogP contribution in [0.25, 0.3) is 0 Å². The highest BCUT2D eigenvalue weighted by atomic mass is 16.5. The van der Waals surface area contributed by atoms with Gasteiger partial charge in [-0.05, 0) is 0 Å². The van der Waals surface area contributed by atoms with E-state index < -0.39 is 6.29 Å². The van der Waals surface area contributed by atoms with Crippen molar-refractivity contribution in [3.05, 3.63) is 18.2 Å². The van der Waals surface area contributed by atoms with Crippen LogP contribution in [0.2, 0.25) is 0 Å². The van der Waals surface area contributed by atoms with E-state index in [1.54, 1.807) is 0 Å². The van der Waals surface area contributed by atoms with E-state index >= 15 is 0 Å². The molecule has 0 aliphatic carbocycles. The standard InChI is InChI=1S/C4H6N2O2/c7-4(8)3-1-5-2-6-3/h1-2,4,7-8H,(H,5,6). The summed E-state index contributed by atoms with van der Waals surface area (Å²) in [5.74, 6) is 0. The van der Waals surface area contributed by atoms with E-state index in [-0.39, 0.29) is 0 Å². The smallest absolute Gasteiger partial charge is 0.195 e. The predicted octanol–water partition coefficient (Wildman–Crippen LogP) is -0.607. The van der Waals surface area contributed by atoms with Crippen LogP contribution in [0.15, 0.2) is 12.5 Å². The molecular weight excluding hydrogens is 108 g/mol. The van der Waals surface area contributed by atoms with Gasteiger partial charge in [-0.1, -0.05) is 0 Å². The quantitative estimate of drug-likeness (QED) is 0.427. The van der Waals surface area contributed by atoms with E-state index in [1.807, 2.05) is 0 Å². The molecule has 0 amide bonds. The van der Waals surface area contributed by atoms with Gasteiger partial charge in [0.05, 0.1) is 18.2 Å². The number of nitrogens with one attached hydrogen (secondary N) is 1. The Kier molecular flexibility index (Phi) is 1.27. The van der Waals surface area contributed by atoms with Crippen LogP contribution in [0.4, 0.5) is 0 Å². The Morgan fingerprint density at radius 3 is 2.62 bits per heavy atom. The molecule has 4 heteroatoms. The largest absolute Gasteiger partial charge is 0.363 e. The van der Waals surface area contributed by atoms with Crippen LogP contribution in [-0.4, -0.2) is 20.2 Å². The van der Waals surface area contributed by atoms with Crippen molar-refractivity contribution < 1.29 is 10.2 Å². The highest BCUT2D eigenvalue weighted by Crippen LogP contribution is 2.00. The van der Waals surface area contributed by atoms with Gasteiger partial charge >= 0.3 is 0 Å². The summed E-state index contributed by atoms with van der Waals surface area (Å²) in [6, 6.07) is 0. The van der Waals surface area contributed by atoms with Gasteiger partial charge in [-0.2, -0.15) is 0 Å². The number of hydrogen-bond acceptors (Lipinski definition) is 3. The average Bonchev–Trinajstić information content (AvgIpc) is 2.12. The van der Waals surface area contributed by atoms with Crippen LogP contribution in [0, 0.1) is 0 Å². The molecule has 0 saturated carbocycles. The summed E-state index contributed by atoms with van der Waals surface area (Å²) in [5, 5.41) is 16.8. The van der Waals surface area contributed by atoms with Crippen molar-refractivity contribution >= 4 is 0 Å². The van der Waals surface area contributed by atoms with Gasteiger partial charge in [-0.15, -0.1) is 0 Å². The molecule has 44 valence electrons. The second-order valence-corrected chi connectivity index (χ2v) is 1.38. The van der Waals surface area contributed by atoms with E-state index in [0.29, 0.717) is 5.69 Å². The Hall–Kier alpha value is -0.870. The highest BCUT2D eigenvalue weighted by Gasteiger charge is 1.99. The minimum Gasteiger partial charge on any atom is -0.363 e. The molecule has 0 unspecified atom stereocenters. The first kappa shape index (κ1) is 5.27. The maximum absolute atomic E-state index is 8.40. The zero-order chi connectivity index (χ0) is 5.98. The average molecular weight is 114 g/mol. The van der Waals surface area contributed by atoms with Crippen molar-refractivity contribution in [2.75, 3.05) is 0 Å². The Morgan fingerprint density at radius 1 is 1.62 bits per heavy atom. The molecular formula is C4H6N2O2. The van der Waals surface area contributed by atoms with Crippen molar-refractivity contribution in [2.24, 2.45) is 0 Å². The second-order valence-electron chi connectivity index (χ2n) is 1.38. The van der Waals surface area contributed by atoms with Crippen molar-refractivity contribution in [2.45, 2.75) is 6.29 Å². The number of aromatic amines is 1. The van der Waals surface area contributed by atoms with Gasteiger partial charge in [0.15, 0.2) is 6.29 Å². The fourth-order valence-corrected chi connectivity index (χ4v) is 0.408. The lowest BCUT2D eigenvalue weighted by Crippen LogP contribution is -1.93. The SMILES string of the molecule is OC(O)c1cnc[nH]1. The van der Waals surface area contributed by atoms with Gasteiger partial charge in [-0.3, -0.25) is 0 Å². The summed E-state index contributed by atoms with van der Waals surface area (Å²) in [6.07, 6.45) is 1.30. The molecule has 0 atom stereocenters. The van der Waals surface area contributed by atoms with Gasteiger partial charge in [-0.25, -0.2) is 4.98 Å². The maximum atomic E-state index is 8.40. The van der Waals surface area contributed by atoms with Gasteiger partial charge in [0.2, 0.25) is 0 Å². The fraction of sp³-hybridized carbons (Fsp3) is 0.250. The third-order valence-electron chi connectivity index (χ3n) is 0.798. The molecule has 1 rings (SSSR count).